The van der Waals surface area contributed by atoms with E-state index in [1.54, 1.807) is 30.3 Å². The second-order valence-corrected chi connectivity index (χ2v) is 9.54. The first-order chi connectivity index (χ1) is 16.9. The maximum atomic E-state index is 12.7. The molecule has 0 bridgehead atoms. The molecule has 1 amide bonds. The van der Waals surface area contributed by atoms with Crippen molar-refractivity contribution < 1.29 is 14.3 Å². The van der Waals surface area contributed by atoms with Crippen LogP contribution in [-0.2, 0) is 4.79 Å². The number of rotatable bonds is 7. The van der Waals surface area contributed by atoms with Crippen LogP contribution in [0, 0.1) is 6.92 Å². The molecule has 4 aromatic rings. The second-order valence-electron chi connectivity index (χ2n) is 7.77. The molecule has 4 aromatic carbocycles. The van der Waals surface area contributed by atoms with Crippen LogP contribution in [0.15, 0.2) is 92.9 Å². The van der Waals surface area contributed by atoms with Crippen LogP contribution >= 0.6 is 31.9 Å². The number of aryl methyl sites for hydroxylation is 1. The number of anilines is 1. The summed E-state index contributed by atoms with van der Waals surface area (Å²) in [5, 5.41) is 9.35. The predicted octanol–water partition coefficient (Wildman–Crippen LogP) is 6.45. The average Bonchev–Trinajstić information content (AvgIpc) is 2.84. The van der Waals surface area contributed by atoms with E-state index >= 15 is 0 Å². The van der Waals surface area contributed by atoms with Gasteiger partial charge in [0.05, 0.1) is 22.8 Å². The molecule has 2 N–H and O–H groups in total. The van der Waals surface area contributed by atoms with Gasteiger partial charge in [-0.15, -0.1) is 0 Å². The number of carbonyl (C=O) groups excluding carboxylic acids is 2. The van der Waals surface area contributed by atoms with Gasteiger partial charge in [-0.2, -0.15) is 5.10 Å². The fourth-order valence-corrected chi connectivity index (χ4v) is 4.74. The summed E-state index contributed by atoms with van der Waals surface area (Å²) in [6.07, 6.45) is 1.43. The van der Waals surface area contributed by atoms with Crippen molar-refractivity contribution in [3.05, 3.63) is 104 Å². The van der Waals surface area contributed by atoms with E-state index in [4.69, 9.17) is 4.74 Å². The molecule has 6 nitrogen and oxygen atoms in total. The van der Waals surface area contributed by atoms with Gasteiger partial charge in [-0.3, -0.25) is 4.79 Å². The minimum Gasteiger partial charge on any atom is -0.421 e. The predicted molar refractivity (Wildman–Crippen MR) is 146 cm³/mol. The Kier molecular flexibility index (Phi) is 7.94. The van der Waals surface area contributed by atoms with Crippen LogP contribution < -0.4 is 15.5 Å². The fraction of sp³-hybridized carbons (Fsp3) is 0.0741. The van der Waals surface area contributed by atoms with Crippen molar-refractivity contribution in [3.63, 3.8) is 0 Å². The molecule has 0 atom stereocenters. The van der Waals surface area contributed by atoms with Crippen molar-refractivity contribution in [3.8, 4) is 5.75 Å². The normalized spacial score (nSPS) is 10.9. The summed E-state index contributed by atoms with van der Waals surface area (Å²) in [5.41, 5.74) is 5.24. The lowest BCUT2D eigenvalue weighted by molar-refractivity contribution is -0.119. The molecule has 0 spiro atoms. The third kappa shape index (κ3) is 6.55. The van der Waals surface area contributed by atoms with Gasteiger partial charge in [-0.25, -0.2) is 10.2 Å². The lowest BCUT2D eigenvalue weighted by atomic mass is 10.1. The first kappa shape index (κ1) is 24.6. The summed E-state index contributed by atoms with van der Waals surface area (Å²) in [4.78, 5) is 25.0. The van der Waals surface area contributed by atoms with Crippen molar-refractivity contribution in [1.82, 2.24) is 5.43 Å². The molecular formula is C27H21Br2N3O3. The van der Waals surface area contributed by atoms with Gasteiger partial charge in [-0.05, 0) is 70.0 Å². The first-order valence-corrected chi connectivity index (χ1v) is 12.3. The summed E-state index contributed by atoms with van der Waals surface area (Å²) >= 11 is 6.86. The molecule has 4 rings (SSSR count). The third-order valence-corrected chi connectivity index (χ3v) is 6.13. The highest BCUT2D eigenvalue weighted by atomic mass is 79.9. The number of carbonyl (C=O) groups is 2. The zero-order valence-electron chi connectivity index (χ0n) is 18.7. The minimum atomic E-state index is -0.491. The van der Waals surface area contributed by atoms with E-state index in [0.29, 0.717) is 21.3 Å². The molecule has 0 unspecified atom stereocenters. The van der Waals surface area contributed by atoms with Crippen LogP contribution in [0.2, 0.25) is 0 Å². The highest BCUT2D eigenvalue weighted by Gasteiger charge is 2.15. The topological polar surface area (TPSA) is 79.8 Å². The highest BCUT2D eigenvalue weighted by molar-refractivity contribution is 9.11. The monoisotopic (exact) mass is 593 g/mol. The Bertz CT molecular complexity index is 1440. The minimum absolute atomic E-state index is 0.0487. The molecule has 0 saturated carbocycles. The molecule has 176 valence electrons. The number of hydrogen-bond donors (Lipinski definition) is 2. The van der Waals surface area contributed by atoms with Gasteiger partial charge in [0.2, 0.25) is 0 Å². The largest absolute Gasteiger partial charge is 0.421 e. The van der Waals surface area contributed by atoms with Crippen molar-refractivity contribution in [1.29, 1.82) is 0 Å². The van der Waals surface area contributed by atoms with Crippen LogP contribution in [0.5, 0.6) is 5.75 Å². The van der Waals surface area contributed by atoms with E-state index in [1.807, 2.05) is 55.5 Å². The Balaban J connectivity index is 1.41. The van der Waals surface area contributed by atoms with E-state index in [0.717, 1.165) is 26.5 Å². The van der Waals surface area contributed by atoms with Gasteiger partial charge in [0, 0.05) is 15.7 Å². The van der Waals surface area contributed by atoms with Gasteiger partial charge in [-0.1, -0.05) is 64.0 Å². The van der Waals surface area contributed by atoms with E-state index in [2.05, 4.69) is 47.7 Å². The molecule has 0 saturated heterocycles. The van der Waals surface area contributed by atoms with Gasteiger partial charge in [0.25, 0.3) is 5.91 Å². The van der Waals surface area contributed by atoms with Crippen LogP contribution in [0.25, 0.3) is 10.8 Å². The number of hydrazone groups is 1. The summed E-state index contributed by atoms with van der Waals surface area (Å²) in [7, 11) is 0. The van der Waals surface area contributed by atoms with Crippen LogP contribution in [0.1, 0.15) is 21.5 Å². The highest BCUT2D eigenvalue weighted by Crippen LogP contribution is 2.32. The zero-order chi connectivity index (χ0) is 24.8. The number of benzene rings is 4. The molecule has 0 aliphatic carbocycles. The molecule has 0 aliphatic heterocycles. The number of amides is 1. The Morgan fingerprint density at radius 2 is 1.74 bits per heavy atom. The van der Waals surface area contributed by atoms with E-state index < -0.39 is 5.97 Å². The van der Waals surface area contributed by atoms with Crippen LogP contribution in [0.3, 0.4) is 0 Å². The maximum Gasteiger partial charge on any atom is 0.343 e. The molecule has 8 heteroatoms. The van der Waals surface area contributed by atoms with Crippen molar-refractivity contribution in [2.45, 2.75) is 6.92 Å². The smallest absolute Gasteiger partial charge is 0.343 e. The molecule has 35 heavy (non-hydrogen) atoms. The lowest BCUT2D eigenvalue weighted by Crippen LogP contribution is -2.25. The Morgan fingerprint density at radius 3 is 2.54 bits per heavy atom. The lowest BCUT2D eigenvalue weighted by Gasteiger charge is -2.11. The number of hydrogen-bond acceptors (Lipinski definition) is 5. The average molecular weight is 595 g/mol. The van der Waals surface area contributed by atoms with Crippen molar-refractivity contribution in [2.24, 2.45) is 5.10 Å². The number of fused-ring (bicyclic) bond motifs is 1. The number of esters is 1. The number of nitrogens with one attached hydrogen (secondary N) is 2. The van der Waals surface area contributed by atoms with Gasteiger partial charge in [0.15, 0.2) is 5.75 Å². The van der Waals surface area contributed by atoms with Gasteiger partial charge >= 0.3 is 5.97 Å². The SMILES string of the molecule is Cc1cccc(C(=O)Oc2c(Br)cc(Br)cc2/C=N/NC(=O)CNc2ccc3ccccc3c2)c1. The maximum absolute atomic E-state index is 12.7. The second kappa shape index (κ2) is 11.3. The van der Waals surface area contributed by atoms with Crippen molar-refractivity contribution >= 4 is 66.4 Å². The Hall–Kier alpha value is -3.49. The number of nitrogens with zero attached hydrogens (tertiary/aromatic N) is 1. The zero-order valence-corrected chi connectivity index (χ0v) is 21.9. The summed E-state index contributed by atoms with van der Waals surface area (Å²) in [6, 6.07) is 24.6. The number of halogens is 2. The van der Waals surface area contributed by atoms with E-state index in [1.165, 1.54) is 6.21 Å². The Morgan fingerprint density at radius 1 is 0.943 bits per heavy atom. The van der Waals surface area contributed by atoms with E-state index in [-0.39, 0.29) is 12.5 Å². The summed E-state index contributed by atoms with van der Waals surface area (Å²) in [5.74, 6) is -0.510. The summed E-state index contributed by atoms with van der Waals surface area (Å²) in [6.45, 7) is 1.95. The number of ether oxygens (including phenoxy) is 1. The molecule has 0 fully saturated rings. The molecular weight excluding hydrogens is 574 g/mol. The van der Waals surface area contributed by atoms with Gasteiger partial charge in [0.1, 0.15) is 0 Å². The van der Waals surface area contributed by atoms with Crippen molar-refractivity contribution in [2.75, 3.05) is 11.9 Å². The Labute approximate surface area is 219 Å². The van der Waals surface area contributed by atoms with Crippen LogP contribution in [-0.4, -0.2) is 24.6 Å². The van der Waals surface area contributed by atoms with E-state index in [9.17, 15) is 9.59 Å². The first-order valence-electron chi connectivity index (χ1n) is 10.7. The van der Waals surface area contributed by atoms with Gasteiger partial charge < -0.3 is 10.1 Å². The molecule has 0 heterocycles. The quantitative estimate of drug-likeness (QED) is 0.111. The molecule has 0 aromatic heterocycles. The molecule has 0 aliphatic rings. The van der Waals surface area contributed by atoms with Crippen LogP contribution in [0.4, 0.5) is 5.69 Å². The molecule has 0 radical (unpaired) electrons. The standard InChI is InChI=1S/C27H21Br2N3O3/c1-17-5-4-8-20(11-17)27(34)35-26-21(12-22(28)14-24(26)29)15-31-32-25(33)16-30-23-10-9-18-6-2-3-7-19(18)13-23/h2-15,30H,16H2,1H3,(H,32,33)/b31-15+. The third-order valence-electron chi connectivity index (χ3n) is 5.08. The fourth-order valence-electron chi connectivity index (χ4n) is 3.40. The summed E-state index contributed by atoms with van der Waals surface area (Å²) < 4.78 is 6.97.